The van der Waals surface area contributed by atoms with Crippen molar-refractivity contribution in [2.24, 2.45) is 11.8 Å². The fourth-order valence-corrected chi connectivity index (χ4v) is 3.75. The summed E-state index contributed by atoms with van der Waals surface area (Å²) in [6.45, 7) is 4.40. The van der Waals surface area contributed by atoms with Crippen molar-refractivity contribution in [2.45, 2.75) is 89.3 Å². The molecule has 0 aromatic heterocycles. The van der Waals surface area contributed by atoms with Gasteiger partial charge in [-0.15, -0.1) is 0 Å². The quantitative estimate of drug-likeness (QED) is 0.832. The van der Waals surface area contributed by atoms with Gasteiger partial charge in [-0.3, -0.25) is 4.79 Å². The van der Waals surface area contributed by atoms with Crippen molar-refractivity contribution in [1.82, 2.24) is 0 Å². The van der Waals surface area contributed by atoms with E-state index in [0.29, 0.717) is 11.8 Å². The van der Waals surface area contributed by atoms with Crippen LogP contribution in [-0.2, 0) is 4.79 Å². The van der Waals surface area contributed by atoms with Gasteiger partial charge in [-0.25, -0.2) is 0 Å². The summed E-state index contributed by atoms with van der Waals surface area (Å²) in [6, 6.07) is 0. The highest BCUT2D eigenvalue weighted by atomic mass is 16.3. The Morgan fingerprint density at radius 3 is 1.45 bits per heavy atom. The maximum Gasteiger partial charge on any atom is 0.138 e. The summed E-state index contributed by atoms with van der Waals surface area (Å²) in [5, 5.41) is 21.0. The van der Waals surface area contributed by atoms with Gasteiger partial charge in [0.2, 0.25) is 0 Å². The van der Waals surface area contributed by atoms with E-state index in [2.05, 4.69) is 13.8 Å². The van der Waals surface area contributed by atoms with Crippen LogP contribution in [0.5, 0.6) is 0 Å². The molecule has 0 aromatic rings. The van der Waals surface area contributed by atoms with E-state index in [1.165, 1.54) is 0 Å². The molecule has 0 heterocycles. The molecule has 0 amide bonds. The number of hydrogen-bond donors (Lipinski definition) is 2. The van der Waals surface area contributed by atoms with E-state index in [4.69, 9.17) is 0 Å². The number of carbonyl (C=O) groups excluding carboxylic acids is 1. The molecular formula is C17H30O3. The molecule has 0 aromatic carbocycles. The molecule has 2 aliphatic carbocycles. The molecule has 0 aliphatic heterocycles. The highest BCUT2D eigenvalue weighted by Gasteiger charge is 2.38. The largest absolute Gasteiger partial charge is 0.389 e. The van der Waals surface area contributed by atoms with E-state index in [0.717, 1.165) is 51.4 Å². The first-order chi connectivity index (χ1) is 9.30. The van der Waals surface area contributed by atoms with Gasteiger partial charge in [-0.1, -0.05) is 13.8 Å². The van der Waals surface area contributed by atoms with Crippen molar-refractivity contribution in [3.8, 4) is 0 Å². The topological polar surface area (TPSA) is 57.5 Å². The van der Waals surface area contributed by atoms with E-state index in [1.807, 2.05) is 0 Å². The normalized spacial score (nSPS) is 42.4. The zero-order valence-corrected chi connectivity index (χ0v) is 13.0. The van der Waals surface area contributed by atoms with Gasteiger partial charge in [-0.05, 0) is 63.2 Å². The Morgan fingerprint density at radius 1 is 0.850 bits per heavy atom. The molecule has 0 spiro atoms. The predicted octanol–water partition coefficient (Wildman–Crippen LogP) is 3.22. The Morgan fingerprint density at radius 2 is 1.15 bits per heavy atom. The van der Waals surface area contributed by atoms with Gasteiger partial charge in [0.05, 0.1) is 11.2 Å². The molecule has 20 heavy (non-hydrogen) atoms. The van der Waals surface area contributed by atoms with Crippen LogP contribution in [0.2, 0.25) is 0 Å². The van der Waals surface area contributed by atoms with E-state index >= 15 is 0 Å². The van der Waals surface area contributed by atoms with Crippen LogP contribution in [0.4, 0.5) is 0 Å². The molecule has 2 fully saturated rings. The lowest BCUT2D eigenvalue weighted by Gasteiger charge is -2.37. The number of Topliss-reactive ketones (excluding diaryl/α,β-unsaturated/α-hetero) is 1. The molecule has 2 rings (SSSR count). The van der Waals surface area contributed by atoms with E-state index in [-0.39, 0.29) is 18.6 Å². The third-order valence-electron chi connectivity index (χ3n) is 5.46. The maximum absolute atomic E-state index is 12.2. The molecule has 3 heteroatoms. The molecule has 0 saturated heterocycles. The first-order valence-corrected chi connectivity index (χ1v) is 8.27. The number of rotatable bonds is 4. The summed E-state index contributed by atoms with van der Waals surface area (Å²) in [5.74, 6) is 1.36. The van der Waals surface area contributed by atoms with Crippen molar-refractivity contribution in [1.29, 1.82) is 0 Å². The van der Waals surface area contributed by atoms with Gasteiger partial charge in [0.1, 0.15) is 5.78 Å². The minimum absolute atomic E-state index is 0.0408. The summed E-state index contributed by atoms with van der Waals surface area (Å²) in [5.41, 5.74) is -1.61. The Hall–Kier alpha value is -0.410. The average Bonchev–Trinajstić information content (AvgIpc) is 2.37. The van der Waals surface area contributed by atoms with Gasteiger partial charge in [0.15, 0.2) is 0 Å². The second kappa shape index (κ2) is 6.15. The van der Waals surface area contributed by atoms with Crippen LogP contribution in [-0.4, -0.2) is 27.2 Å². The molecule has 0 unspecified atom stereocenters. The van der Waals surface area contributed by atoms with Crippen molar-refractivity contribution in [2.75, 3.05) is 0 Å². The van der Waals surface area contributed by atoms with E-state index in [9.17, 15) is 15.0 Å². The minimum Gasteiger partial charge on any atom is -0.389 e. The highest BCUT2D eigenvalue weighted by Crippen LogP contribution is 2.37. The summed E-state index contributed by atoms with van der Waals surface area (Å²) < 4.78 is 0. The van der Waals surface area contributed by atoms with Gasteiger partial charge in [-0.2, -0.15) is 0 Å². The summed E-state index contributed by atoms with van der Waals surface area (Å²) in [4.78, 5) is 12.2. The zero-order chi connectivity index (χ0) is 14.8. The molecule has 2 aliphatic rings. The maximum atomic E-state index is 12.2. The highest BCUT2D eigenvalue weighted by molar-refractivity contribution is 5.80. The first kappa shape index (κ1) is 16.0. The Labute approximate surface area is 122 Å². The van der Waals surface area contributed by atoms with Crippen LogP contribution < -0.4 is 0 Å². The van der Waals surface area contributed by atoms with Gasteiger partial charge in [0, 0.05) is 12.8 Å². The fraction of sp³-hybridized carbons (Fsp3) is 0.941. The van der Waals surface area contributed by atoms with Crippen molar-refractivity contribution >= 4 is 5.78 Å². The van der Waals surface area contributed by atoms with Crippen LogP contribution >= 0.6 is 0 Å². The van der Waals surface area contributed by atoms with Crippen molar-refractivity contribution in [3.05, 3.63) is 0 Å². The third kappa shape index (κ3) is 4.29. The second-order valence-corrected chi connectivity index (χ2v) is 7.71. The predicted molar refractivity (Wildman–Crippen MR) is 79.4 cm³/mol. The summed E-state index contributed by atoms with van der Waals surface area (Å²) in [6.07, 6.45) is 7.42. The van der Waals surface area contributed by atoms with Crippen LogP contribution in [0.15, 0.2) is 0 Å². The van der Waals surface area contributed by atoms with Crippen LogP contribution in [0.25, 0.3) is 0 Å². The van der Waals surface area contributed by atoms with E-state index in [1.54, 1.807) is 0 Å². The van der Waals surface area contributed by atoms with Crippen molar-refractivity contribution < 1.29 is 15.0 Å². The molecule has 0 radical (unpaired) electrons. The first-order valence-electron chi connectivity index (χ1n) is 8.27. The minimum atomic E-state index is -0.804. The second-order valence-electron chi connectivity index (χ2n) is 7.71. The molecule has 0 bridgehead atoms. The van der Waals surface area contributed by atoms with Gasteiger partial charge in [0.25, 0.3) is 0 Å². The average molecular weight is 282 g/mol. The smallest absolute Gasteiger partial charge is 0.138 e. The van der Waals surface area contributed by atoms with E-state index < -0.39 is 11.2 Å². The molecule has 2 N–H and O–H groups in total. The standard InChI is InChI=1S/C17H30O3/c1-13-3-7-16(19,8-4-13)11-15(18)12-17(20)9-5-14(2)6-10-17/h13-14,19-20H,3-12H2,1-2H3. The van der Waals surface area contributed by atoms with Gasteiger partial charge < -0.3 is 10.2 Å². The molecule has 2 saturated carbocycles. The Bertz CT molecular complexity index is 302. The summed E-state index contributed by atoms with van der Waals surface area (Å²) >= 11 is 0. The fourth-order valence-electron chi connectivity index (χ4n) is 3.75. The zero-order valence-electron chi connectivity index (χ0n) is 13.0. The third-order valence-corrected chi connectivity index (χ3v) is 5.46. The number of hydrogen-bond acceptors (Lipinski definition) is 3. The molecule has 116 valence electrons. The number of aliphatic hydroxyl groups is 2. The monoisotopic (exact) mass is 282 g/mol. The lowest BCUT2D eigenvalue weighted by molar-refractivity contribution is -0.132. The molecular weight excluding hydrogens is 252 g/mol. The van der Waals surface area contributed by atoms with Crippen LogP contribution in [0.1, 0.15) is 78.1 Å². The summed E-state index contributed by atoms with van der Waals surface area (Å²) in [7, 11) is 0. The molecule has 3 nitrogen and oxygen atoms in total. The molecule has 0 atom stereocenters. The Kier molecular flexibility index (Phi) is 4.91. The Balaban J connectivity index is 1.83. The number of carbonyl (C=O) groups is 1. The van der Waals surface area contributed by atoms with Gasteiger partial charge >= 0.3 is 0 Å². The SMILES string of the molecule is CC1CCC(O)(CC(=O)CC2(O)CCC(C)CC2)CC1. The van der Waals surface area contributed by atoms with Crippen LogP contribution in [0, 0.1) is 11.8 Å². The van der Waals surface area contributed by atoms with Crippen LogP contribution in [0.3, 0.4) is 0 Å². The van der Waals surface area contributed by atoms with Crippen molar-refractivity contribution in [3.63, 3.8) is 0 Å². The lowest BCUT2D eigenvalue weighted by Crippen LogP contribution is -2.40. The number of ketones is 1. The lowest BCUT2D eigenvalue weighted by atomic mass is 9.73.